The second kappa shape index (κ2) is 7.57. The minimum absolute atomic E-state index is 0.372. The molecule has 0 radical (unpaired) electrons. The minimum atomic E-state index is -1.17. The van der Waals surface area contributed by atoms with Crippen LogP contribution in [0.25, 0.3) is 11.0 Å². The van der Waals surface area contributed by atoms with Gasteiger partial charge in [0.25, 0.3) is 0 Å². The van der Waals surface area contributed by atoms with Crippen LogP contribution in [0.2, 0.25) is 0 Å². The van der Waals surface area contributed by atoms with Gasteiger partial charge >= 0.3 is 0 Å². The summed E-state index contributed by atoms with van der Waals surface area (Å²) in [5, 5.41) is 33.3. The predicted octanol–water partition coefficient (Wildman–Crippen LogP) is 2.02. The molecule has 4 atom stereocenters. The van der Waals surface area contributed by atoms with Gasteiger partial charge in [-0.05, 0) is 29.8 Å². The molecule has 0 unspecified atom stereocenters. The van der Waals surface area contributed by atoms with Crippen LogP contribution in [0.3, 0.4) is 0 Å². The van der Waals surface area contributed by atoms with Gasteiger partial charge in [0.05, 0.1) is 17.6 Å². The Hall–Kier alpha value is -1.97. The van der Waals surface area contributed by atoms with E-state index in [0.29, 0.717) is 12.5 Å². The van der Waals surface area contributed by atoms with Gasteiger partial charge in [-0.15, -0.1) is 0 Å². The maximum Gasteiger partial charge on any atom is 0.206 e. The number of para-hydroxylation sites is 2. The van der Waals surface area contributed by atoms with Crippen molar-refractivity contribution in [2.75, 3.05) is 11.9 Å². The van der Waals surface area contributed by atoms with Crippen molar-refractivity contribution in [3.63, 3.8) is 0 Å². The van der Waals surface area contributed by atoms with Crippen molar-refractivity contribution >= 4 is 32.9 Å². The van der Waals surface area contributed by atoms with Crippen LogP contribution in [0.5, 0.6) is 0 Å². The van der Waals surface area contributed by atoms with Gasteiger partial charge in [-0.1, -0.05) is 40.2 Å². The highest BCUT2D eigenvalue weighted by Crippen LogP contribution is 2.35. The predicted molar refractivity (Wildman–Crippen MR) is 104 cm³/mol. The van der Waals surface area contributed by atoms with Crippen LogP contribution in [0.4, 0.5) is 5.95 Å². The van der Waals surface area contributed by atoms with E-state index < -0.39 is 24.5 Å². The number of imidazole rings is 1. The van der Waals surface area contributed by atoms with Crippen LogP contribution < -0.4 is 5.32 Å². The fourth-order valence-electron chi connectivity index (χ4n) is 3.30. The molecule has 1 aliphatic heterocycles. The van der Waals surface area contributed by atoms with Crippen LogP contribution in [0.1, 0.15) is 11.8 Å². The number of hydrogen-bond donors (Lipinski definition) is 4. The average molecular weight is 434 g/mol. The molecule has 142 valence electrons. The van der Waals surface area contributed by atoms with E-state index in [1.165, 1.54) is 0 Å². The van der Waals surface area contributed by atoms with E-state index >= 15 is 0 Å². The molecule has 1 aromatic heterocycles. The first-order valence-corrected chi connectivity index (χ1v) is 9.45. The number of benzene rings is 2. The molecular formula is C19H20BrN3O4. The zero-order valence-corrected chi connectivity index (χ0v) is 16.0. The molecule has 1 saturated heterocycles. The van der Waals surface area contributed by atoms with E-state index in [1.54, 1.807) is 4.57 Å². The first kappa shape index (κ1) is 18.4. The summed E-state index contributed by atoms with van der Waals surface area (Å²) in [6, 6.07) is 15.4. The van der Waals surface area contributed by atoms with Crippen molar-refractivity contribution in [3.05, 3.63) is 58.6 Å². The number of ether oxygens (including phenoxy) is 1. The molecule has 0 saturated carbocycles. The maximum atomic E-state index is 10.5. The van der Waals surface area contributed by atoms with Gasteiger partial charge in [0.1, 0.15) is 18.3 Å². The molecule has 7 nitrogen and oxygen atoms in total. The SMILES string of the molecule is OC[C@H]1O[C@@H](n2c(NCc3ccc(Br)cc3)nc3ccccc32)[C@H](O)[C@@H]1O. The number of nitrogens with zero attached hydrogens (tertiary/aromatic N) is 2. The molecule has 4 N–H and O–H groups in total. The Bertz CT molecular complexity index is 930. The third-order valence-electron chi connectivity index (χ3n) is 4.73. The Balaban J connectivity index is 1.68. The number of nitrogens with one attached hydrogen (secondary N) is 1. The van der Waals surface area contributed by atoms with E-state index in [0.717, 1.165) is 21.1 Å². The monoisotopic (exact) mass is 433 g/mol. The fraction of sp³-hybridized carbons (Fsp3) is 0.316. The second-order valence-electron chi connectivity index (χ2n) is 6.50. The van der Waals surface area contributed by atoms with E-state index in [1.807, 2.05) is 48.5 Å². The summed E-state index contributed by atoms with van der Waals surface area (Å²) in [7, 11) is 0. The lowest BCUT2D eigenvalue weighted by atomic mass is 10.1. The summed E-state index contributed by atoms with van der Waals surface area (Å²) in [5.74, 6) is 0.522. The molecule has 3 aromatic rings. The van der Waals surface area contributed by atoms with E-state index in [9.17, 15) is 15.3 Å². The van der Waals surface area contributed by atoms with Crippen LogP contribution in [-0.4, -0.2) is 49.8 Å². The maximum absolute atomic E-state index is 10.5. The Morgan fingerprint density at radius 3 is 2.52 bits per heavy atom. The van der Waals surface area contributed by atoms with Crippen molar-refractivity contribution in [1.82, 2.24) is 9.55 Å². The molecule has 0 amide bonds. The van der Waals surface area contributed by atoms with Crippen molar-refractivity contribution in [2.45, 2.75) is 31.1 Å². The van der Waals surface area contributed by atoms with Crippen LogP contribution >= 0.6 is 15.9 Å². The van der Waals surface area contributed by atoms with E-state index in [2.05, 4.69) is 26.2 Å². The molecule has 1 fully saturated rings. The van der Waals surface area contributed by atoms with Crippen molar-refractivity contribution in [1.29, 1.82) is 0 Å². The third-order valence-corrected chi connectivity index (χ3v) is 5.26. The van der Waals surface area contributed by atoms with Crippen molar-refractivity contribution in [2.24, 2.45) is 0 Å². The Labute approximate surface area is 164 Å². The van der Waals surface area contributed by atoms with Gasteiger partial charge in [-0.25, -0.2) is 4.98 Å². The highest BCUT2D eigenvalue weighted by molar-refractivity contribution is 9.10. The standard InChI is InChI=1S/C19H20BrN3O4/c20-12-7-5-11(6-8-12)9-21-19-22-13-3-1-2-4-14(13)23(19)18-17(26)16(25)15(10-24)27-18/h1-8,15-18,24-26H,9-10H2,(H,21,22)/t15-,16-,17-,18-/m1/s1. The van der Waals surface area contributed by atoms with Crippen molar-refractivity contribution < 1.29 is 20.1 Å². The lowest BCUT2D eigenvalue weighted by Gasteiger charge is -2.20. The molecule has 4 rings (SSSR count). The zero-order valence-electron chi connectivity index (χ0n) is 14.4. The number of aliphatic hydroxyl groups excluding tert-OH is 3. The smallest absolute Gasteiger partial charge is 0.206 e. The lowest BCUT2D eigenvalue weighted by Crippen LogP contribution is -2.33. The molecule has 27 heavy (non-hydrogen) atoms. The van der Waals surface area contributed by atoms with Gasteiger partial charge in [-0.2, -0.15) is 0 Å². The lowest BCUT2D eigenvalue weighted by molar-refractivity contribution is -0.0499. The molecule has 0 bridgehead atoms. The molecule has 8 heteroatoms. The van der Waals surface area contributed by atoms with E-state index in [-0.39, 0.29) is 6.61 Å². The van der Waals surface area contributed by atoms with Gasteiger partial charge in [0.2, 0.25) is 5.95 Å². The van der Waals surface area contributed by atoms with Gasteiger partial charge in [-0.3, -0.25) is 4.57 Å². The normalized spacial score (nSPS) is 25.2. The van der Waals surface area contributed by atoms with Crippen LogP contribution in [0.15, 0.2) is 53.0 Å². The number of hydrogen-bond acceptors (Lipinski definition) is 6. The third kappa shape index (κ3) is 3.46. The zero-order chi connectivity index (χ0) is 19.0. The van der Waals surface area contributed by atoms with Gasteiger partial charge in [0, 0.05) is 11.0 Å². The van der Waals surface area contributed by atoms with Crippen LogP contribution in [0, 0.1) is 0 Å². The van der Waals surface area contributed by atoms with Crippen molar-refractivity contribution in [3.8, 4) is 0 Å². The summed E-state index contributed by atoms with van der Waals surface area (Å²) < 4.78 is 8.46. The average Bonchev–Trinajstić information content (AvgIpc) is 3.18. The number of anilines is 1. The number of halogens is 1. The Morgan fingerprint density at radius 2 is 1.81 bits per heavy atom. The fourth-order valence-corrected chi connectivity index (χ4v) is 3.57. The second-order valence-corrected chi connectivity index (χ2v) is 7.42. The number of fused-ring (bicyclic) bond motifs is 1. The summed E-state index contributed by atoms with van der Waals surface area (Å²) in [4.78, 5) is 4.61. The minimum Gasteiger partial charge on any atom is -0.394 e. The first-order chi connectivity index (χ1) is 13.1. The highest BCUT2D eigenvalue weighted by atomic mass is 79.9. The molecule has 0 aliphatic carbocycles. The van der Waals surface area contributed by atoms with Gasteiger partial charge in [0.15, 0.2) is 6.23 Å². The topological polar surface area (TPSA) is 99.8 Å². The van der Waals surface area contributed by atoms with Crippen LogP contribution in [-0.2, 0) is 11.3 Å². The summed E-state index contributed by atoms with van der Waals surface area (Å²) >= 11 is 3.42. The first-order valence-electron chi connectivity index (χ1n) is 8.66. The highest BCUT2D eigenvalue weighted by Gasteiger charge is 2.44. The molecular weight excluding hydrogens is 414 g/mol. The number of rotatable bonds is 5. The number of aromatic nitrogens is 2. The van der Waals surface area contributed by atoms with E-state index in [4.69, 9.17) is 4.74 Å². The van der Waals surface area contributed by atoms with Gasteiger partial charge < -0.3 is 25.4 Å². The molecule has 2 aromatic carbocycles. The summed E-state index contributed by atoms with van der Waals surface area (Å²) in [6.07, 6.45) is -4.03. The quantitative estimate of drug-likeness (QED) is 0.491. The Kier molecular flexibility index (Phi) is 5.16. The summed E-state index contributed by atoms with van der Waals surface area (Å²) in [6.45, 7) is 0.161. The Morgan fingerprint density at radius 1 is 1.07 bits per heavy atom. The molecule has 2 heterocycles. The molecule has 0 spiro atoms. The summed E-state index contributed by atoms with van der Waals surface area (Å²) in [5.41, 5.74) is 2.58. The molecule has 1 aliphatic rings. The number of aliphatic hydroxyl groups is 3. The largest absolute Gasteiger partial charge is 0.394 e.